The zero-order valence-electron chi connectivity index (χ0n) is 8.16. The topological polar surface area (TPSA) is 63.6 Å². The van der Waals surface area contributed by atoms with Gasteiger partial charge in [-0.05, 0) is 12.5 Å². The van der Waals surface area contributed by atoms with Crippen LogP contribution >= 0.6 is 0 Å². The van der Waals surface area contributed by atoms with Crippen LogP contribution in [0.4, 0.5) is 0 Å². The van der Waals surface area contributed by atoms with Gasteiger partial charge in [-0.1, -0.05) is 19.9 Å². The number of carboxylic acid groups (broad SMARTS) is 1. The number of esters is 1. The maximum Gasteiger partial charge on any atom is 0.337 e. The van der Waals surface area contributed by atoms with Gasteiger partial charge < -0.3 is 9.84 Å². The molecule has 14 heavy (non-hydrogen) atoms. The van der Waals surface area contributed by atoms with E-state index in [1.54, 1.807) is 0 Å². The number of rotatable bonds is 6. The number of carboxylic acids is 1. The van der Waals surface area contributed by atoms with Crippen molar-refractivity contribution >= 4 is 11.9 Å². The number of unbranched alkanes of at least 4 members (excludes halogenated alkanes) is 1. The largest absolute Gasteiger partial charge is 0.478 e. The fourth-order valence-electron chi connectivity index (χ4n) is 0.642. The summed E-state index contributed by atoms with van der Waals surface area (Å²) in [5.41, 5.74) is 0.0449. The molecule has 0 aromatic rings. The fourth-order valence-corrected chi connectivity index (χ4v) is 0.642. The van der Waals surface area contributed by atoms with Crippen LogP contribution in [0.1, 0.15) is 19.8 Å². The minimum atomic E-state index is -1.12. The average Bonchev–Trinajstić information content (AvgIpc) is 2.14. The van der Waals surface area contributed by atoms with Crippen LogP contribution in [0.2, 0.25) is 0 Å². The zero-order chi connectivity index (χ0) is 11.0. The van der Waals surface area contributed by atoms with Crippen LogP contribution in [-0.4, -0.2) is 23.7 Å². The summed E-state index contributed by atoms with van der Waals surface area (Å²) >= 11 is 0. The number of carbonyl (C=O) groups excluding carboxylic acids is 1. The van der Waals surface area contributed by atoms with Gasteiger partial charge in [0.2, 0.25) is 0 Å². The summed E-state index contributed by atoms with van der Waals surface area (Å²) in [6.07, 6.45) is 3.70. The Labute approximate surface area is 82.9 Å². The third-order valence-corrected chi connectivity index (χ3v) is 1.42. The van der Waals surface area contributed by atoms with Crippen LogP contribution in [0.3, 0.4) is 0 Å². The highest BCUT2D eigenvalue weighted by atomic mass is 16.5. The Morgan fingerprint density at radius 2 is 2.07 bits per heavy atom. The molecule has 0 fully saturated rings. The van der Waals surface area contributed by atoms with E-state index < -0.39 is 11.9 Å². The molecular weight excluding hydrogens is 184 g/mol. The van der Waals surface area contributed by atoms with Gasteiger partial charge >= 0.3 is 11.9 Å². The van der Waals surface area contributed by atoms with Crippen molar-refractivity contribution in [3.8, 4) is 0 Å². The molecule has 0 aliphatic carbocycles. The van der Waals surface area contributed by atoms with E-state index in [0.29, 0.717) is 6.61 Å². The van der Waals surface area contributed by atoms with Crippen LogP contribution in [0.25, 0.3) is 0 Å². The van der Waals surface area contributed by atoms with Crippen molar-refractivity contribution in [1.82, 2.24) is 0 Å². The monoisotopic (exact) mass is 198 g/mol. The number of aliphatic carboxylic acids is 1. The lowest BCUT2D eigenvalue weighted by Crippen LogP contribution is -2.07. The lowest BCUT2D eigenvalue weighted by atomic mass is 10.3. The van der Waals surface area contributed by atoms with Crippen LogP contribution in [0.15, 0.2) is 24.3 Å². The molecule has 0 aromatic carbocycles. The summed E-state index contributed by atoms with van der Waals surface area (Å²) in [5.74, 6) is -1.69. The number of hydrogen-bond donors (Lipinski definition) is 1. The van der Waals surface area contributed by atoms with Gasteiger partial charge in [-0.2, -0.15) is 0 Å². The van der Waals surface area contributed by atoms with Crippen LogP contribution in [0, 0.1) is 0 Å². The quantitative estimate of drug-likeness (QED) is 0.304. The first-order valence-electron chi connectivity index (χ1n) is 4.35. The smallest absolute Gasteiger partial charge is 0.337 e. The second-order valence-electron chi connectivity index (χ2n) is 2.69. The molecule has 0 saturated heterocycles. The van der Waals surface area contributed by atoms with E-state index in [2.05, 4.69) is 6.58 Å². The van der Waals surface area contributed by atoms with Crippen LogP contribution < -0.4 is 0 Å². The average molecular weight is 198 g/mol. The summed E-state index contributed by atoms with van der Waals surface area (Å²) in [6.45, 7) is 5.70. The normalized spacial score (nSPS) is 10.1. The fraction of sp³-hybridized carbons (Fsp3) is 0.400. The van der Waals surface area contributed by atoms with E-state index in [-0.39, 0.29) is 5.57 Å². The van der Waals surface area contributed by atoms with Crippen molar-refractivity contribution in [2.75, 3.05) is 6.61 Å². The summed E-state index contributed by atoms with van der Waals surface area (Å²) in [6, 6.07) is 0. The van der Waals surface area contributed by atoms with E-state index in [4.69, 9.17) is 9.84 Å². The third kappa shape index (κ3) is 5.99. The molecule has 0 aliphatic rings. The van der Waals surface area contributed by atoms with Gasteiger partial charge in [-0.15, -0.1) is 0 Å². The highest BCUT2D eigenvalue weighted by molar-refractivity contribution is 5.93. The maximum absolute atomic E-state index is 11.1. The molecule has 0 radical (unpaired) electrons. The van der Waals surface area contributed by atoms with Gasteiger partial charge in [-0.25, -0.2) is 9.59 Å². The number of carbonyl (C=O) groups is 2. The highest BCUT2D eigenvalue weighted by Gasteiger charge is 2.04. The van der Waals surface area contributed by atoms with Gasteiger partial charge in [0.15, 0.2) is 0 Å². The van der Waals surface area contributed by atoms with Crippen molar-refractivity contribution in [2.45, 2.75) is 19.8 Å². The molecule has 0 atom stereocenters. The van der Waals surface area contributed by atoms with Gasteiger partial charge in [-0.3, -0.25) is 0 Å². The van der Waals surface area contributed by atoms with E-state index in [1.807, 2.05) is 6.92 Å². The summed E-state index contributed by atoms with van der Waals surface area (Å²) in [5, 5.41) is 8.28. The van der Waals surface area contributed by atoms with Crippen molar-refractivity contribution in [2.24, 2.45) is 0 Å². The molecule has 4 nitrogen and oxygen atoms in total. The second-order valence-corrected chi connectivity index (χ2v) is 2.69. The molecule has 0 aromatic heterocycles. The zero-order valence-corrected chi connectivity index (χ0v) is 8.16. The van der Waals surface area contributed by atoms with E-state index in [9.17, 15) is 9.59 Å². The standard InChI is InChI=1S/C10H14O4/c1-3-4-7-14-10(13)8(2)5-6-9(11)12/h5-6H,2-4,7H2,1H3,(H,11,12). The van der Waals surface area contributed by atoms with Crippen molar-refractivity contribution in [3.63, 3.8) is 0 Å². The SMILES string of the molecule is C=C(C=CC(=O)O)C(=O)OCCCC. The molecule has 0 bridgehead atoms. The van der Waals surface area contributed by atoms with Gasteiger partial charge in [0.1, 0.15) is 0 Å². The molecule has 0 amide bonds. The lowest BCUT2D eigenvalue weighted by Gasteiger charge is -2.02. The molecule has 0 spiro atoms. The van der Waals surface area contributed by atoms with Crippen LogP contribution in [0.5, 0.6) is 0 Å². The van der Waals surface area contributed by atoms with Crippen molar-refractivity contribution in [1.29, 1.82) is 0 Å². The lowest BCUT2D eigenvalue weighted by molar-refractivity contribution is -0.138. The first-order chi connectivity index (χ1) is 6.57. The molecule has 0 aliphatic heterocycles. The number of hydrogen-bond acceptors (Lipinski definition) is 3. The predicted octanol–water partition coefficient (Wildman–Crippen LogP) is 1.53. The first-order valence-corrected chi connectivity index (χ1v) is 4.35. The Morgan fingerprint density at radius 1 is 1.43 bits per heavy atom. The molecule has 0 unspecified atom stereocenters. The van der Waals surface area contributed by atoms with E-state index in [0.717, 1.165) is 25.0 Å². The summed E-state index contributed by atoms with van der Waals surface area (Å²) in [4.78, 5) is 21.2. The molecule has 1 N–H and O–H groups in total. The minimum absolute atomic E-state index is 0.0449. The van der Waals surface area contributed by atoms with Gasteiger partial charge in [0.25, 0.3) is 0 Å². The molecule has 0 heterocycles. The van der Waals surface area contributed by atoms with Crippen LogP contribution in [-0.2, 0) is 14.3 Å². The molecular formula is C10H14O4. The van der Waals surface area contributed by atoms with Crippen molar-refractivity contribution < 1.29 is 19.4 Å². The van der Waals surface area contributed by atoms with Gasteiger partial charge in [0.05, 0.1) is 12.2 Å². The maximum atomic E-state index is 11.1. The number of ether oxygens (including phenoxy) is 1. The minimum Gasteiger partial charge on any atom is -0.478 e. The molecule has 78 valence electrons. The Kier molecular flexibility index (Phi) is 6.11. The Hall–Kier alpha value is -1.58. The molecule has 0 saturated carbocycles. The predicted molar refractivity (Wildman–Crippen MR) is 51.8 cm³/mol. The van der Waals surface area contributed by atoms with Gasteiger partial charge in [0, 0.05) is 6.08 Å². The molecule has 4 heteroatoms. The van der Waals surface area contributed by atoms with E-state index in [1.165, 1.54) is 0 Å². The second kappa shape index (κ2) is 6.88. The Bertz CT molecular complexity index is 253. The summed E-state index contributed by atoms with van der Waals surface area (Å²) in [7, 11) is 0. The Morgan fingerprint density at radius 3 is 2.57 bits per heavy atom. The van der Waals surface area contributed by atoms with Crippen molar-refractivity contribution in [3.05, 3.63) is 24.3 Å². The summed E-state index contributed by atoms with van der Waals surface area (Å²) < 4.78 is 4.79. The highest BCUT2D eigenvalue weighted by Crippen LogP contribution is 1.98. The Balaban J connectivity index is 3.88. The first kappa shape index (κ1) is 12.4. The third-order valence-electron chi connectivity index (χ3n) is 1.42. The van der Waals surface area contributed by atoms with E-state index >= 15 is 0 Å². The molecule has 0 rings (SSSR count).